The third kappa shape index (κ3) is 4.52. The molecule has 0 saturated heterocycles. The van der Waals surface area contributed by atoms with Crippen LogP contribution in [0.15, 0.2) is 47.6 Å². The lowest BCUT2D eigenvalue weighted by Gasteiger charge is -2.10. The highest BCUT2D eigenvalue weighted by Gasteiger charge is 2.16. The molecule has 1 heterocycles. The molecule has 0 radical (unpaired) electrons. The lowest BCUT2D eigenvalue weighted by Crippen LogP contribution is -2.35. The number of aryl methyl sites for hydroxylation is 2. The molecule has 3 aromatic rings. The highest BCUT2D eigenvalue weighted by Crippen LogP contribution is 2.23. The fourth-order valence-electron chi connectivity index (χ4n) is 2.56. The summed E-state index contributed by atoms with van der Waals surface area (Å²) in [4.78, 5) is 23.9. The summed E-state index contributed by atoms with van der Waals surface area (Å²) in [5.41, 5.74) is 2.80. The van der Waals surface area contributed by atoms with Gasteiger partial charge in [-0.15, -0.1) is 5.10 Å². The van der Waals surface area contributed by atoms with Crippen LogP contribution in [0.5, 0.6) is 0 Å². The Hall–Kier alpha value is -3.27. The van der Waals surface area contributed by atoms with E-state index in [1.807, 2.05) is 32.0 Å². The number of hydrogen-bond donors (Lipinski definition) is 2. The fraction of sp³-hybridized carbons (Fsp3) is 0.167. The Morgan fingerprint density at radius 2 is 1.82 bits per heavy atom. The van der Waals surface area contributed by atoms with Gasteiger partial charge >= 0.3 is 6.03 Å². The summed E-state index contributed by atoms with van der Waals surface area (Å²) in [6.07, 6.45) is 0. The number of halogens is 1. The van der Waals surface area contributed by atoms with Gasteiger partial charge in [0.25, 0.3) is 0 Å². The summed E-state index contributed by atoms with van der Waals surface area (Å²) in [7, 11) is 0. The number of nitrogens with one attached hydrogen (secondary N) is 2. The minimum Gasteiger partial charge on any atom is -0.305 e. The van der Waals surface area contributed by atoms with Crippen LogP contribution in [0.3, 0.4) is 0 Å². The number of anilines is 1. The van der Waals surface area contributed by atoms with Crippen LogP contribution in [0.1, 0.15) is 11.1 Å². The van der Waals surface area contributed by atoms with Crippen molar-refractivity contribution in [1.29, 1.82) is 0 Å². The average molecular weight is 400 g/mol. The highest BCUT2D eigenvalue weighted by atomic mass is 32.2. The van der Waals surface area contributed by atoms with Crippen molar-refractivity contribution in [2.45, 2.75) is 19.0 Å². The molecule has 0 aliphatic rings. The van der Waals surface area contributed by atoms with E-state index in [0.717, 1.165) is 28.6 Å². The maximum atomic E-state index is 13.5. The maximum Gasteiger partial charge on any atom is 0.325 e. The van der Waals surface area contributed by atoms with Gasteiger partial charge in [-0.2, -0.15) is 4.68 Å². The van der Waals surface area contributed by atoms with E-state index in [9.17, 15) is 14.0 Å². The van der Waals surface area contributed by atoms with Crippen LogP contribution in [0.4, 0.5) is 14.9 Å². The zero-order chi connectivity index (χ0) is 20.1. The maximum absolute atomic E-state index is 13.5. The second kappa shape index (κ2) is 8.61. The number of carbonyl (C=O) groups is 2. The predicted octanol–water partition coefficient (Wildman–Crippen LogP) is 2.86. The Morgan fingerprint density at radius 3 is 2.54 bits per heavy atom. The quantitative estimate of drug-likeness (QED) is 0.639. The van der Waals surface area contributed by atoms with E-state index >= 15 is 0 Å². The average Bonchev–Trinajstić information content (AvgIpc) is 3.10. The molecule has 10 heteroatoms. The first-order valence-electron chi connectivity index (χ1n) is 8.29. The Morgan fingerprint density at radius 1 is 1.11 bits per heavy atom. The number of urea groups is 1. The lowest BCUT2D eigenvalue weighted by atomic mass is 10.1. The van der Waals surface area contributed by atoms with Gasteiger partial charge in [0, 0.05) is 0 Å². The summed E-state index contributed by atoms with van der Waals surface area (Å²) >= 11 is 1.09. The molecule has 2 aromatic carbocycles. The van der Waals surface area contributed by atoms with Gasteiger partial charge in [-0.05, 0) is 47.5 Å². The van der Waals surface area contributed by atoms with Crippen LogP contribution in [-0.4, -0.2) is 37.9 Å². The molecule has 3 rings (SSSR count). The molecule has 0 aliphatic carbocycles. The lowest BCUT2D eigenvalue weighted by molar-refractivity contribution is -0.117. The smallest absolute Gasteiger partial charge is 0.305 e. The van der Waals surface area contributed by atoms with Crippen LogP contribution in [0, 0.1) is 19.7 Å². The standard InChI is InChI=1S/C18H17FN6O2S/c1-11-6-5-7-12(2)16(11)25-18(22-23-24-25)28-10-15(26)21-17(27)20-14-9-4-3-8-13(14)19/h3-9H,10H2,1-2H3,(H2,20,21,26,27). The topological polar surface area (TPSA) is 102 Å². The number of tetrazole rings is 1. The zero-order valence-corrected chi connectivity index (χ0v) is 16.0. The first-order valence-corrected chi connectivity index (χ1v) is 9.27. The van der Waals surface area contributed by atoms with E-state index in [1.54, 1.807) is 10.7 Å². The molecular weight excluding hydrogens is 383 g/mol. The summed E-state index contributed by atoms with van der Waals surface area (Å²) < 4.78 is 15.1. The van der Waals surface area contributed by atoms with Crippen molar-refractivity contribution >= 4 is 29.4 Å². The number of thioether (sulfide) groups is 1. The van der Waals surface area contributed by atoms with Gasteiger partial charge in [-0.1, -0.05) is 42.1 Å². The van der Waals surface area contributed by atoms with E-state index < -0.39 is 17.8 Å². The van der Waals surface area contributed by atoms with E-state index in [4.69, 9.17) is 0 Å². The molecule has 0 saturated carbocycles. The summed E-state index contributed by atoms with van der Waals surface area (Å²) in [5.74, 6) is -1.24. The second-order valence-corrected chi connectivity index (χ2v) is 6.83. The molecule has 0 fully saturated rings. The Kier molecular flexibility index (Phi) is 5.99. The Bertz CT molecular complexity index is 1000. The van der Waals surface area contributed by atoms with Crippen molar-refractivity contribution in [2.75, 3.05) is 11.1 Å². The molecule has 1 aromatic heterocycles. The van der Waals surface area contributed by atoms with Gasteiger partial charge < -0.3 is 5.32 Å². The monoisotopic (exact) mass is 400 g/mol. The van der Waals surface area contributed by atoms with Crippen LogP contribution in [-0.2, 0) is 4.79 Å². The predicted molar refractivity (Wildman–Crippen MR) is 103 cm³/mol. The molecule has 0 bridgehead atoms. The zero-order valence-electron chi connectivity index (χ0n) is 15.1. The SMILES string of the molecule is Cc1cccc(C)c1-n1nnnc1SCC(=O)NC(=O)Nc1ccccc1F. The number of imide groups is 1. The van der Waals surface area contributed by atoms with Gasteiger partial charge in [0.05, 0.1) is 17.1 Å². The molecule has 2 N–H and O–H groups in total. The minimum atomic E-state index is -0.815. The van der Waals surface area contributed by atoms with Crippen molar-refractivity contribution in [3.63, 3.8) is 0 Å². The van der Waals surface area contributed by atoms with Crippen LogP contribution >= 0.6 is 11.8 Å². The summed E-state index contributed by atoms with van der Waals surface area (Å²) in [6, 6.07) is 10.7. The molecular formula is C18H17FN6O2S. The first kappa shape index (κ1) is 19.5. The van der Waals surface area contributed by atoms with Gasteiger partial charge in [-0.3, -0.25) is 10.1 Å². The van der Waals surface area contributed by atoms with Gasteiger partial charge in [-0.25, -0.2) is 9.18 Å². The number of carbonyl (C=O) groups excluding carboxylic acids is 2. The molecule has 8 nitrogen and oxygen atoms in total. The van der Waals surface area contributed by atoms with Crippen molar-refractivity contribution in [3.05, 3.63) is 59.4 Å². The number of nitrogens with zero attached hydrogens (tertiary/aromatic N) is 4. The van der Waals surface area contributed by atoms with Crippen molar-refractivity contribution in [3.8, 4) is 5.69 Å². The number of aromatic nitrogens is 4. The number of para-hydroxylation sites is 2. The van der Waals surface area contributed by atoms with Crippen LogP contribution in [0.2, 0.25) is 0 Å². The van der Waals surface area contributed by atoms with E-state index in [1.165, 1.54) is 18.2 Å². The van der Waals surface area contributed by atoms with Crippen LogP contribution < -0.4 is 10.6 Å². The van der Waals surface area contributed by atoms with Gasteiger partial charge in [0.2, 0.25) is 11.1 Å². The third-order valence-electron chi connectivity index (χ3n) is 3.80. The molecule has 0 spiro atoms. The van der Waals surface area contributed by atoms with Crippen LogP contribution in [0.25, 0.3) is 5.69 Å². The second-order valence-electron chi connectivity index (χ2n) is 5.88. The Balaban J connectivity index is 1.61. The van der Waals surface area contributed by atoms with Gasteiger partial charge in [0.15, 0.2) is 0 Å². The van der Waals surface area contributed by atoms with Crippen molar-refractivity contribution in [1.82, 2.24) is 25.5 Å². The number of rotatable bonds is 5. The summed E-state index contributed by atoms with van der Waals surface area (Å²) in [5, 5.41) is 16.5. The largest absolute Gasteiger partial charge is 0.325 e. The number of amides is 3. The van der Waals surface area contributed by atoms with E-state index in [2.05, 4.69) is 26.2 Å². The molecule has 144 valence electrons. The molecule has 0 unspecified atom stereocenters. The minimum absolute atomic E-state index is 0.0144. The first-order chi connectivity index (χ1) is 13.5. The Labute approximate surface area is 164 Å². The van der Waals surface area contributed by atoms with Crippen molar-refractivity contribution in [2.24, 2.45) is 0 Å². The number of benzene rings is 2. The van der Waals surface area contributed by atoms with Crippen molar-refractivity contribution < 1.29 is 14.0 Å². The normalized spacial score (nSPS) is 10.5. The van der Waals surface area contributed by atoms with E-state index in [-0.39, 0.29) is 11.4 Å². The third-order valence-corrected chi connectivity index (χ3v) is 4.72. The van der Waals surface area contributed by atoms with E-state index in [0.29, 0.717) is 5.16 Å². The number of hydrogen-bond acceptors (Lipinski definition) is 6. The highest BCUT2D eigenvalue weighted by molar-refractivity contribution is 7.99. The van der Waals surface area contributed by atoms with Gasteiger partial charge in [0.1, 0.15) is 5.82 Å². The fourth-order valence-corrected chi connectivity index (χ4v) is 3.23. The molecule has 0 atom stereocenters. The molecule has 3 amide bonds. The summed E-state index contributed by atoms with van der Waals surface area (Å²) in [6.45, 7) is 3.89. The molecule has 0 aliphatic heterocycles. The molecule has 28 heavy (non-hydrogen) atoms.